The van der Waals surface area contributed by atoms with Crippen molar-refractivity contribution in [2.45, 2.75) is 24.8 Å². The van der Waals surface area contributed by atoms with E-state index >= 15 is 0 Å². The fraction of sp³-hybridized carbons (Fsp3) is 0.200. The Morgan fingerprint density at radius 2 is 1.50 bits per heavy atom. The summed E-state index contributed by atoms with van der Waals surface area (Å²) in [6.07, 6.45) is 0. The fourth-order valence-electron chi connectivity index (χ4n) is 2.01. The van der Waals surface area contributed by atoms with Gasteiger partial charge in [0.05, 0.1) is 10.6 Å². The Morgan fingerprint density at radius 3 is 2.00 bits per heavy atom. The molecule has 20 heavy (non-hydrogen) atoms. The lowest BCUT2D eigenvalue weighted by atomic mass is 10.3. The van der Waals surface area contributed by atoms with Gasteiger partial charge in [0.2, 0.25) is 0 Å². The monoisotopic (exact) mass is 401 g/mol. The second kappa shape index (κ2) is 6.13. The first kappa shape index (κ1) is 15.3. The quantitative estimate of drug-likeness (QED) is 0.729. The zero-order chi connectivity index (χ0) is 14.8. The molecule has 0 N–H and O–H groups in total. The highest BCUT2D eigenvalue weighted by molar-refractivity contribution is 14.1. The van der Waals surface area contributed by atoms with Crippen molar-refractivity contribution in [3.8, 4) is 0 Å². The van der Waals surface area contributed by atoms with E-state index in [0.717, 1.165) is 3.57 Å². The van der Waals surface area contributed by atoms with Crippen LogP contribution in [0, 0.1) is 3.57 Å². The molecule has 2 aromatic carbocycles. The Balaban J connectivity index is 2.51. The molecular formula is C15H16INO2S. The summed E-state index contributed by atoms with van der Waals surface area (Å²) in [5, 5.41) is 0. The van der Waals surface area contributed by atoms with E-state index in [1.165, 1.54) is 4.31 Å². The number of anilines is 1. The van der Waals surface area contributed by atoms with Gasteiger partial charge in [0.1, 0.15) is 0 Å². The van der Waals surface area contributed by atoms with Gasteiger partial charge in [-0.3, -0.25) is 4.31 Å². The zero-order valence-corrected chi connectivity index (χ0v) is 14.3. The van der Waals surface area contributed by atoms with E-state index in [-0.39, 0.29) is 6.04 Å². The molecule has 106 valence electrons. The van der Waals surface area contributed by atoms with Crippen LogP contribution in [0.5, 0.6) is 0 Å². The van der Waals surface area contributed by atoms with Crippen molar-refractivity contribution >= 4 is 38.3 Å². The highest BCUT2D eigenvalue weighted by atomic mass is 127. The van der Waals surface area contributed by atoms with Gasteiger partial charge >= 0.3 is 0 Å². The minimum absolute atomic E-state index is 0.151. The molecule has 3 nitrogen and oxygen atoms in total. The van der Waals surface area contributed by atoms with Crippen LogP contribution in [0.15, 0.2) is 59.5 Å². The van der Waals surface area contributed by atoms with Crippen LogP contribution < -0.4 is 4.31 Å². The molecule has 0 aliphatic carbocycles. The van der Waals surface area contributed by atoms with Crippen LogP contribution in [0.3, 0.4) is 0 Å². The van der Waals surface area contributed by atoms with Crippen molar-refractivity contribution in [1.82, 2.24) is 0 Å². The summed E-state index contributed by atoms with van der Waals surface area (Å²) in [5.41, 5.74) is 0.682. The van der Waals surface area contributed by atoms with Crippen molar-refractivity contribution in [1.29, 1.82) is 0 Å². The van der Waals surface area contributed by atoms with Gasteiger partial charge in [-0.1, -0.05) is 18.2 Å². The van der Waals surface area contributed by atoms with E-state index in [2.05, 4.69) is 22.6 Å². The summed E-state index contributed by atoms with van der Waals surface area (Å²) in [5.74, 6) is 0. The van der Waals surface area contributed by atoms with Gasteiger partial charge in [0, 0.05) is 9.61 Å². The van der Waals surface area contributed by atoms with Crippen LogP contribution in [0.25, 0.3) is 0 Å². The maximum Gasteiger partial charge on any atom is 0.264 e. The molecule has 0 unspecified atom stereocenters. The number of hydrogen-bond acceptors (Lipinski definition) is 2. The first-order valence-corrected chi connectivity index (χ1v) is 8.80. The van der Waals surface area contributed by atoms with Gasteiger partial charge in [-0.2, -0.15) is 0 Å². The lowest BCUT2D eigenvalue weighted by molar-refractivity contribution is 0.584. The Kier molecular flexibility index (Phi) is 4.70. The van der Waals surface area contributed by atoms with Crippen LogP contribution in [-0.2, 0) is 10.0 Å². The van der Waals surface area contributed by atoms with E-state index in [4.69, 9.17) is 0 Å². The van der Waals surface area contributed by atoms with Crippen molar-refractivity contribution in [2.75, 3.05) is 4.31 Å². The van der Waals surface area contributed by atoms with Crippen molar-refractivity contribution in [3.63, 3.8) is 0 Å². The first-order valence-electron chi connectivity index (χ1n) is 6.28. The minimum Gasteiger partial charge on any atom is -0.264 e. The maximum atomic E-state index is 12.8. The minimum atomic E-state index is -3.54. The summed E-state index contributed by atoms with van der Waals surface area (Å²) in [7, 11) is -3.54. The smallest absolute Gasteiger partial charge is 0.264 e. The Morgan fingerprint density at radius 1 is 0.950 bits per heavy atom. The van der Waals surface area contributed by atoms with Gasteiger partial charge in [-0.25, -0.2) is 8.42 Å². The molecule has 0 aromatic heterocycles. The largest absolute Gasteiger partial charge is 0.264 e. The van der Waals surface area contributed by atoms with Crippen LogP contribution >= 0.6 is 22.6 Å². The second-order valence-corrected chi connectivity index (χ2v) is 7.74. The van der Waals surface area contributed by atoms with Crippen LogP contribution in [0.4, 0.5) is 5.69 Å². The van der Waals surface area contributed by atoms with E-state index in [9.17, 15) is 8.42 Å². The van der Waals surface area contributed by atoms with Gasteiger partial charge in [-0.15, -0.1) is 0 Å². The highest BCUT2D eigenvalue weighted by Crippen LogP contribution is 2.26. The topological polar surface area (TPSA) is 37.4 Å². The second-order valence-electron chi connectivity index (χ2n) is 4.68. The Hall–Kier alpha value is -1.08. The average molecular weight is 401 g/mol. The van der Waals surface area contributed by atoms with Crippen molar-refractivity contribution in [2.24, 2.45) is 0 Å². The number of benzene rings is 2. The van der Waals surface area contributed by atoms with Crippen LogP contribution in [0.2, 0.25) is 0 Å². The summed E-state index contributed by atoms with van der Waals surface area (Å²) in [6.45, 7) is 3.74. The normalized spacial score (nSPS) is 11.6. The third-order valence-electron chi connectivity index (χ3n) is 2.85. The number of sulfonamides is 1. The van der Waals surface area contributed by atoms with E-state index < -0.39 is 10.0 Å². The Bertz CT molecular complexity index is 667. The van der Waals surface area contributed by atoms with E-state index in [1.54, 1.807) is 24.3 Å². The Labute approximate surface area is 133 Å². The number of rotatable bonds is 4. The molecule has 0 spiro atoms. The predicted molar refractivity (Wildman–Crippen MR) is 90.4 cm³/mol. The van der Waals surface area contributed by atoms with E-state index in [1.807, 2.05) is 44.2 Å². The third kappa shape index (κ3) is 3.15. The molecule has 0 atom stereocenters. The lowest BCUT2D eigenvalue weighted by Crippen LogP contribution is -2.36. The molecule has 0 saturated heterocycles. The van der Waals surface area contributed by atoms with Crippen molar-refractivity contribution in [3.05, 3.63) is 58.2 Å². The summed E-state index contributed by atoms with van der Waals surface area (Å²) >= 11 is 2.16. The van der Waals surface area contributed by atoms with Crippen LogP contribution in [0.1, 0.15) is 13.8 Å². The van der Waals surface area contributed by atoms with Gasteiger partial charge in [-0.05, 0) is 72.8 Å². The third-order valence-corrected chi connectivity index (χ3v) is 5.59. The molecule has 0 fully saturated rings. The summed E-state index contributed by atoms with van der Waals surface area (Å²) < 4.78 is 28.1. The summed E-state index contributed by atoms with van der Waals surface area (Å²) in [4.78, 5) is 0.315. The van der Waals surface area contributed by atoms with E-state index in [0.29, 0.717) is 10.6 Å². The standard InChI is InChI=1S/C15H16INO2S/c1-12(2)17(14-6-4-3-5-7-14)20(18,19)15-10-8-13(16)9-11-15/h3-12H,1-2H3. The molecule has 0 aliphatic heterocycles. The zero-order valence-electron chi connectivity index (χ0n) is 11.3. The predicted octanol–water partition coefficient (Wildman–Crippen LogP) is 3.89. The molecule has 5 heteroatoms. The first-order chi connectivity index (χ1) is 9.43. The molecule has 2 aromatic rings. The SMILES string of the molecule is CC(C)N(c1ccccc1)S(=O)(=O)c1ccc(I)cc1. The molecule has 0 saturated carbocycles. The molecule has 0 amide bonds. The average Bonchev–Trinajstić information content (AvgIpc) is 2.39. The summed E-state index contributed by atoms with van der Waals surface area (Å²) in [6, 6.07) is 15.9. The van der Waals surface area contributed by atoms with Crippen LogP contribution in [-0.4, -0.2) is 14.5 Å². The number of nitrogens with zero attached hydrogens (tertiary/aromatic N) is 1. The number of halogens is 1. The van der Waals surface area contributed by atoms with Gasteiger partial charge < -0.3 is 0 Å². The van der Waals surface area contributed by atoms with Crippen molar-refractivity contribution < 1.29 is 8.42 Å². The molecule has 0 radical (unpaired) electrons. The number of hydrogen-bond donors (Lipinski definition) is 0. The molecule has 0 aliphatic rings. The highest BCUT2D eigenvalue weighted by Gasteiger charge is 2.27. The number of para-hydroxylation sites is 1. The molecule has 0 heterocycles. The molecule has 0 bridgehead atoms. The molecular weight excluding hydrogens is 385 g/mol. The lowest BCUT2D eigenvalue weighted by Gasteiger charge is -2.28. The van der Waals surface area contributed by atoms with Gasteiger partial charge in [0.25, 0.3) is 10.0 Å². The van der Waals surface area contributed by atoms with Gasteiger partial charge in [0.15, 0.2) is 0 Å². The molecule has 2 rings (SSSR count). The fourth-order valence-corrected chi connectivity index (χ4v) is 4.03. The maximum absolute atomic E-state index is 12.8.